The molecule has 0 spiro atoms. The van der Waals surface area contributed by atoms with E-state index >= 15 is 0 Å². The fourth-order valence-corrected chi connectivity index (χ4v) is 1.07. The van der Waals surface area contributed by atoms with Crippen LogP contribution in [-0.2, 0) is 0 Å². The van der Waals surface area contributed by atoms with Gasteiger partial charge in [-0.25, -0.2) is 0 Å². The Morgan fingerprint density at radius 2 is 1.83 bits per heavy atom. The van der Waals surface area contributed by atoms with Gasteiger partial charge in [0, 0.05) is 13.2 Å². The van der Waals surface area contributed by atoms with Gasteiger partial charge in [0.15, 0.2) is 0 Å². The van der Waals surface area contributed by atoms with Crippen LogP contribution in [-0.4, -0.2) is 23.4 Å². The van der Waals surface area contributed by atoms with Crippen molar-refractivity contribution in [3.63, 3.8) is 0 Å². The van der Waals surface area contributed by atoms with Crippen LogP contribution < -0.4 is 0 Å². The lowest BCUT2D eigenvalue weighted by molar-refractivity contribution is 0.132. The third kappa shape index (κ3) is 4.52. The van der Waals surface area contributed by atoms with Gasteiger partial charge in [-0.2, -0.15) is 0 Å². The normalized spacial score (nSPS) is 16.7. The Hall–Kier alpha value is -0.340. The lowest BCUT2D eigenvalue weighted by atomic mass is 9.92. The van der Waals surface area contributed by atoms with E-state index in [-0.39, 0.29) is 25.0 Å². The Kier molecular flexibility index (Phi) is 7.11. The van der Waals surface area contributed by atoms with Crippen molar-refractivity contribution in [3.05, 3.63) is 12.2 Å². The summed E-state index contributed by atoms with van der Waals surface area (Å²) in [5, 5.41) is 17.8. The molecule has 0 bridgehead atoms. The first-order valence-electron chi connectivity index (χ1n) is 4.62. The Bertz CT molecular complexity index is 121. The molecule has 0 aliphatic heterocycles. The van der Waals surface area contributed by atoms with Gasteiger partial charge in [-0.05, 0) is 24.7 Å². The second-order valence-electron chi connectivity index (χ2n) is 3.22. The summed E-state index contributed by atoms with van der Waals surface area (Å²) in [4.78, 5) is 0. The van der Waals surface area contributed by atoms with Crippen molar-refractivity contribution >= 4 is 0 Å². The molecule has 2 atom stereocenters. The average molecular weight is 172 g/mol. The number of hydrogen-bond acceptors (Lipinski definition) is 2. The van der Waals surface area contributed by atoms with Crippen LogP contribution in [0.2, 0.25) is 0 Å². The monoisotopic (exact) mass is 172 g/mol. The van der Waals surface area contributed by atoms with Gasteiger partial charge in [-0.3, -0.25) is 0 Å². The molecule has 0 fully saturated rings. The quantitative estimate of drug-likeness (QED) is 0.597. The summed E-state index contributed by atoms with van der Waals surface area (Å²) in [6.45, 7) is 4.36. The van der Waals surface area contributed by atoms with Crippen molar-refractivity contribution in [1.82, 2.24) is 0 Å². The molecule has 0 saturated carbocycles. The van der Waals surface area contributed by atoms with Gasteiger partial charge in [-0.15, -0.1) is 0 Å². The number of allylic oxidation sites excluding steroid dienone is 2. The molecule has 0 rings (SSSR count). The summed E-state index contributed by atoms with van der Waals surface area (Å²) in [6.07, 6.45) is 6.07. The number of hydrogen-bond donors (Lipinski definition) is 2. The van der Waals surface area contributed by atoms with Crippen LogP contribution in [0.15, 0.2) is 12.2 Å². The highest BCUT2D eigenvalue weighted by Gasteiger charge is 2.13. The van der Waals surface area contributed by atoms with Gasteiger partial charge in [-0.1, -0.05) is 26.0 Å². The fourth-order valence-electron chi connectivity index (χ4n) is 1.07. The molecule has 0 heterocycles. The third-order valence-electron chi connectivity index (χ3n) is 2.17. The minimum atomic E-state index is 0.158. The third-order valence-corrected chi connectivity index (χ3v) is 2.17. The molecule has 2 N–H and O–H groups in total. The fraction of sp³-hybridized carbons (Fsp3) is 0.800. The molecule has 0 radical (unpaired) electrons. The Morgan fingerprint density at radius 1 is 1.17 bits per heavy atom. The maximum absolute atomic E-state index is 8.98. The molecule has 2 heteroatoms. The van der Waals surface area contributed by atoms with Crippen molar-refractivity contribution in [1.29, 1.82) is 0 Å². The molecule has 0 saturated heterocycles. The highest BCUT2D eigenvalue weighted by Crippen LogP contribution is 2.14. The summed E-state index contributed by atoms with van der Waals surface area (Å²) in [6, 6.07) is 0. The zero-order chi connectivity index (χ0) is 9.40. The van der Waals surface area contributed by atoms with Crippen LogP contribution in [0.5, 0.6) is 0 Å². The van der Waals surface area contributed by atoms with Gasteiger partial charge >= 0.3 is 0 Å². The minimum Gasteiger partial charge on any atom is -0.396 e. The molecule has 72 valence electrons. The standard InChI is InChI=1S/C10H20O2/c1-3-4-5-6-10(8-12)9(2)7-11/h4-5,9-12H,3,6-8H2,1-2H3/b5-4+. The molecular formula is C10H20O2. The van der Waals surface area contributed by atoms with Gasteiger partial charge in [0.2, 0.25) is 0 Å². The molecule has 12 heavy (non-hydrogen) atoms. The first-order chi connectivity index (χ1) is 5.76. The summed E-state index contributed by atoms with van der Waals surface area (Å²) in [5.74, 6) is 0.398. The van der Waals surface area contributed by atoms with Crippen molar-refractivity contribution in [2.75, 3.05) is 13.2 Å². The van der Waals surface area contributed by atoms with E-state index < -0.39 is 0 Å². The van der Waals surface area contributed by atoms with Gasteiger partial charge < -0.3 is 10.2 Å². The van der Waals surface area contributed by atoms with Crippen molar-refractivity contribution in [3.8, 4) is 0 Å². The maximum Gasteiger partial charge on any atom is 0.0465 e. The number of aliphatic hydroxyl groups is 2. The van der Waals surface area contributed by atoms with Gasteiger partial charge in [0.1, 0.15) is 0 Å². The predicted molar refractivity (Wildman–Crippen MR) is 50.9 cm³/mol. The molecule has 2 unspecified atom stereocenters. The second-order valence-corrected chi connectivity index (χ2v) is 3.22. The predicted octanol–water partition coefficient (Wildman–Crippen LogP) is 1.58. The Morgan fingerprint density at radius 3 is 2.25 bits per heavy atom. The molecular weight excluding hydrogens is 152 g/mol. The second kappa shape index (κ2) is 7.32. The van der Waals surface area contributed by atoms with Crippen LogP contribution in [0.25, 0.3) is 0 Å². The molecule has 0 aromatic carbocycles. The van der Waals surface area contributed by atoms with Crippen molar-refractivity contribution in [2.45, 2.75) is 26.7 Å². The van der Waals surface area contributed by atoms with E-state index in [0.717, 1.165) is 12.8 Å². The van der Waals surface area contributed by atoms with Crippen LogP contribution in [0, 0.1) is 11.8 Å². The van der Waals surface area contributed by atoms with Crippen LogP contribution in [0.1, 0.15) is 26.7 Å². The number of aliphatic hydroxyl groups excluding tert-OH is 2. The molecule has 0 aliphatic carbocycles. The zero-order valence-corrected chi connectivity index (χ0v) is 8.03. The van der Waals surface area contributed by atoms with Crippen LogP contribution in [0.4, 0.5) is 0 Å². The van der Waals surface area contributed by atoms with Crippen molar-refractivity contribution in [2.24, 2.45) is 11.8 Å². The first kappa shape index (κ1) is 11.7. The average Bonchev–Trinajstić information content (AvgIpc) is 2.11. The Labute approximate surface area is 74.9 Å². The lowest BCUT2D eigenvalue weighted by Gasteiger charge is -2.17. The van der Waals surface area contributed by atoms with Crippen molar-refractivity contribution < 1.29 is 10.2 Å². The minimum absolute atomic E-state index is 0.158. The van der Waals surface area contributed by atoms with E-state index in [1.54, 1.807) is 0 Å². The van der Waals surface area contributed by atoms with E-state index in [2.05, 4.69) is 19.1 Å². The van der Waals surface area contributed by atoms with E-state index in [9.17, 15) is 0 Å². The molecule has 0 aromatic heterocycles. The molecule has 0 aliphatic rings. The van der Waals surface area contributed by atoms with E-state index in [0.29, 0.717) is 0 Å². The smallest absolute Gasteiger partial charge is 0.0465 e. The molecule has 0 aromatic rings. The van der Waals surface area contributed by atoms with Gasteiger partial charge in [0.25, 0.3) is 0 Å². The largest absolute Gasteiger partial charge is 0.396 e. The highest BCUT2D eigenvalue weighted by molar-refractivity contribution is 4.84. The maximum atomic E-state index is 8.98. The summed E-state index contributed by atoms with van der Waals surface area (Å²) in [5.41, 5.74) is 0. The summed E-state index contributed by atoms with van der Waals surface area (Å²) in [7, 11) is 0. The van der Waals surface area contributed by atoms with E-state index in [4.69, 9.17) is 10.2 Å². The van der Waals surface area contributed by atoms with E-state index in [1.807, 2.05) is 6.92 Å². The SMILES string of the molecule is CC/C=C/CC(CO)C(C)CO. The number of rotatable bonds is 6. The van der Waals surface area contributed by atoms with E-state index in [1.165, 1.54) is 0 Å². The summed E-state index contributed by atoms with van der Waals surface area (Å²) >= 11 is 0. The Balaban J connectivity index is 3.74. The first-order valence-corrected chi connectivity index (χ1v) is 4.62. The molecule has 0 amide bonds. The highest BCUT2D eigenvalue weighted by atomic mass is 16.3. The van der Waals surface area contributed by atoms with Crippen LogP contribution in [0.3, 0.4) is 0 Å². The lowest BCUT2D eigenvalue weighted by Crippen LogP contribution is -2.18. The topological polar surface area (TPSA) is 40.5 Å². The van der Waals surface area contributed by atoms with Crippen LogP contribution >= 0.6 is 0 Å². The zero-order valence-electron chi connectivity index (χ0n) is 8.03. The van der Waals surface area contributed by atoms with Gasteiger partial charge in [0.05, 0.1) is 0 Å². The molecule has 2 nitrogen and oxygen atoms in total. The summed E-state index contributed by atoms with van der Waals surface area (Å²) < 4.78 is 0.